The van der Waals surface area contributed by atoms with Crippen molar-refractivity contribution in [2.45, 2.75) is 46.6 Å². The van der Waals surface area contributed by atoms with Gasteiger partial charge in [-0.15, -0.1) is 0 Å². The average molecular weight is 186 g/mol. The van der Waals surface area contributed by atoms with Crippen molar-refractivity contribution >= 4 is 5.78 Å². The van der Waals surface area contributed by atoms with E-state index in [1.54, 1.807) is 11.9 Å². The Morgan fingerprint density at radius 1 is 1.38 bits per heavy atom. The Kier molecular flexibility index (Phi) is 5.91. The Balaban J connectivity index is 0.000000671. The lowest BCUT2D eigenvalue weighted by Gasteiger charge is -2.33. The summed E-state index contributed by atoms with van der Waals surface area (Å²) in [7, 11) is 0. The quantitative estimate of drug-likeness (QED) is 0.632. The van der Waals surface area contributed by atoms with Gasteiger partial charge in [0.25, 0.3) is 0 Å². The van der Waals surface area contributed by atoms with E-state index in [0.29, 0.717) is 5.92 Å². The van der Waals surface area contributed by atoms with Crippen LogP contribution in [-0.4, -0.2) is 23.4 Å². The van der Waals surface area contributed by atoms with E-state index >= 15 is 0 Å². The highest BCUT2D eigenvalue weighted by atomic mass is 16.1. The van der Waals surface area contributed by atoms with E-state index in [9.17, 15) is 4.79 Å². The second-order valence-electron chi connectivity index (χ2n) is 3.51. The van der Waals surface area contributed by atoms with Crippen LogP contribution in [0.2, 0.25) is 0 Å². The number of carbonyl (C=O) groups excluding carboxylic acids is 1. The molecule has 1 heterocycles. The molecule has 0 amide bonds. The molecule has 2 N–H and O–H groups in total. The standard InChI is InChI=1S/C8H16N2O.C2H6/c1-6-3-4-8(7(2)11)10(9)5-6;1-2/h6,8H,3-5,9H2,1-2H3;1-2H3. The van der Waals surface area contributed by atoms with E-state index < -0.39 is 0 Å². The molecule has 0 saturated carbocycles. The molecule has 2 atom stereocenters. The molecule has 0 radical (unpaired) electrons. The van der Waals surface area contributed by atoms with Crippen molar-refractivity contribution < 1.29 is 4.79 Å². The molecule has 0 aromatic heterocycles. The number of nitrogens with zero attached hydrogens (tertiary/aromatic N) is 1. The van der Waals surface area contributed by atoms with Crippen LogP contribution in [0.3, 0.4) is 0 Å². The first-order valence-electron chi connectivity index (χ1n) is 5.13. The normalized spacial score (nSPS) is 29.0. The van der Waals surface area contributed by atoms with Gasteiger partial charge in [-0.05, 0) is 25.7 Å². The zero-order valence-corrected chi connectivity index (χ0v) is 9.21. The van der Waals surface area contributed by atoms with Gasteiger partial charge < -0.3 is 0 Å². The first kappa shape index (κ1) is 12.6. The molecular formula is C10H22N2O. The molecule has 0 aromatic rings. The zero-order chi connectivity index (χ0) is 10.4. The Hall–Kier alpha value is -0.410. The van der Waals surface area contributed by atoms with E-state index in [1.807, 2.05) is 13.8 Å². The van der Waals surface area contributed by atoms with Crippen LogP contribution >= 0.6 is 0 Å². The lowest BCUT2D eigenvalue weighted by atomic mass is 9.94. The number of hydrazine groups is 1. The summed E-state index contributed by atoms with van der Waals surface area (Å²) in [6, 6.07) is -0.0220. The Bertz CT molecular complexity index is 159. The van der Waals surface area contributed by atoms with Crippen LogP contribution in [0.4, 0.5) is 0 Å². The molecule has 3 heteroatoms. The summed E-state index contributed by atoms with van der Waals surface area (Å²) in [6.45, 7) is 8.63. The molecule has 1 aliphatic heterocycles. The van der Waals surface area contributed by atoms with Crippen LogP contribution in [0.5, 0.6) is 0 Å². The molecule has 0 aliphatic carbocycles. The molecule has 1 fully saturated rings. The first-order valence-corrected chi connectivity index (χ1v) is 5.13. The third-order valence-electron chi connectivity index (χ3n) is 2.32. The van der Waals surface area contributed by atoms with Crippen molar-refractivity contribution in [1.29, 1.82) is 0 Å². The SMILES string of the molecule is CC.CC(=O)C1CCC(C)CN1N. The Morgan fingerprint density at radius 2 is 1.92 bits per heavy atom. The summed E-state index contributed by atoms with van der Waals surface area (Å²) in [5.74, 6) is 6.51. The number of hydrogen-bond donors (Lipinski definition) is 1. The van der Waals surface area contributed by atoms with Gasteiger partial charge in [-0.1, -0.05) is 20.8 Å². The van der Waals surface area contributed by atoms with Gasteiger partial charge in [0, 0.05) is 6.54 Å². The molecule has 1 rings (SSSR count). The van der Waals surface area contributed by atoms with Crippen LogP contribution in [0.25, 0.3) is 0 Å². The summed E-state index contributed by atoms with van der Waals surface area (Å²) in [4.78, 5) is 11.0. The third kappa shape index (κ3) is 3.87. The molecule has 1 saturated heterocycles. The number of ketones is 1. The molecule has 0 bridgehead atoms. The van der Waals surface area contributed by atoms with Crippen molar-refractivity contribution in [3.05, 3.63) is 0 Å². The monoisotopic (exact) mass is 186 g/mol. The Labute approximate surface area is 81.3 Å². The average Bonchev–Trinajstić information content (AvgIpc) is 2.07. The maximum Gasteiger partial charge on any atom is 0.148 e. The maximum atomic E-state index is 11.0. The highest BCUT2D eigenvalue weighted by molar-refractivity contribution is 5.81. The number of carbonyl (C=O) groups is 1. The molecule has 0 aromatic carbocycles. The molecule has 13 heavy (non-hydrogen) atoms. The number of Topliss-reactive ketones (excluding diaryl/α,β-unsaturated/α-hetero) is 1. The predicted octanol–water partition coefficient (Wildman–Crippen LogP) is 1.58. The molecule has 1 aliphatic rings. The minimum absolute atomic E-state index is 0.0220. The highest BCUT2D eigenvalue weighted by Crippen LogP contribution is 2.18. The molecule has 0 spiro atoms. The zero-order valence-electron chi connectivity index (χ0n) is 9.21. The van der Waals surface area contributed by atoms with Crippen LogP contribution in [0.15, 0.2) is 0 Å². The third-order valence-corrected chi connectivity index (χ3v) is 2.32. The van der Waals surface area contributed by atoms with Crippen LogP contribution in [0, 0.1) is 5.92 Å². The second-order valence-corrected chi connectivity index (χ2v) is 3.51. The van der Waals surface area contributed by atoms with Gasteiger partial charge in [0.15, 0.2) is 0 Å². The summed E-state index contributed by atoms with van der Waals surface area (Å²) < 4.78 is 0. The van der Waals surface area contributed by atoms with Gasteiger partial charge >= 0.3 is 0 Å². The summed E-state index contributed by atoms with van der Waals surface area (Å²) in [5, 5.41) is 1.68. The molecule has 78 valence electrons. The van der Waals surface area contributed by atoms with E-state index in [2.05, 4.69) is 6.92 Å². The van der Waals surface area contributed by atoms with Gasteiger partial charge in [0.05, 0.1) is 6.04 Å². The van der Waals surface area contributed by atoms with Crippen molar-refractivity contribution in [1.82, 2.24) is 5.01 Å². The van der Waals surface area contributed by atoms with Crippen molar-refractivity contribution in [2.75, 3.05) is 6.54 Å². The van der Waals surface area contributed by atoms with Gasteiger partial charge in [0.2, 0.25) is 0 Å². The Morgan fingerprint density at radius 3 is 2.31 bits per heavy atom. The highest BCUT2D eigenvalue weighted by Gasteiger charge is 2.26. The van der Waals surface area contributed by atoms with Crippen LogP contribution in [-0.2, 0) is 4.79 Å². The predicted molar refractivity (Wildman–Crippen MR) is 55.1 cm³/mol. The topological polar surface area (TPSA) is 46.3 Å². The molecule has 3 nitrogen and oxygen atoms in total. The number of piperidine rings is 1. The fourth-order valence-electron chi connectivity index (χ4n) is 1.62. The van der Waals surface area contributed by atoms with Gasteiger partial charge in [-0.25, -0.2) is 5.01 Å². The van der Waals surface area contributed by atoms with Gasteiger partial charge in [-0.3, -0.25) is 10.6 Å². The summed E-state index contributed by atoms with van der Waals surface area (Å²) in [5.41, 5.74) is 0. The van der Waals surface area contributed by atoms with Crippen molar-refractivity contribution in [3.8, 4) is 0 Å². The van der Waals surface area contributed by atoms with Gasteiger partial charge in [-0.2, -0.15) is 0 Å². The first-order chi connectivity index (χ1) is 6.11. The fourth-order valence-corrected chi connectivity index (χ4v) is 1.62. The number of hydrogen-bond acceptors (Lipinski definition) is 3. The molecule has 2 unspecified atom stereocenters. The summed E-state index contributed by atoms with van der Waals surface area (Å²) >= 11 is 0. The van der Waals surface area contributed by atoms with E-state index in [4.69, 9.17) is 5.84 Å². The van der Waals surface area contributed by atoms with Crippen molar-refractivity contribution in [2.24, 2.45) is 11.8 Å². The van der Waals surface area contributed by atoms with E-state index in [0.717, 1.165) is 19.4 Å². The summed E-state index contributed by atoms with van der Waals surface area (Å²) in [6.07, 6.45) is 2.05. The lowest BCUT2D eigenvalue weighted by molar-refractivity contribution is -0.123. The fraction of sp³-hybridized carbons (Fsp3) is 0.900. The van der Waals surface area contributed by atoms with E-state index in [1.165, 1.54) is 0 Å². The molecular weight excluding hydrogens is 164 g/mol. The number of nitrogens with two attached hydrogens (primary N) is 1. The van der Waals surface area contributed by atoms with Gasteiger partial charge in [0.1, 0.15) is 5.78 Å². The maximum absolute atomic E-state index is 11.0. The van der Waals surface area contributed by atoms with Crippen molar-refractivity contribution in [3.63, 3.8) is 0 Å². The minimum Gasteiger partial charge on any atom is -0.298 e. The minimum atomic E-state index is -0.0220. The number of rotatable bonds is 1. The van der Waals surface area contributed by atoms with E-state index in [-0.39, 0.29) is 11.8 Å². The second kappa shape index (κ2) is 6.11. The van der Waals surface area contributed by atoms with Crippen LogP contribution < -0.4 is 5.84 Å². The largest absolute Gasteiger partial charge is 0.298 e. The smallest absolute Gasteiger partial charge is 0.148 e. The van der Waals surface area contributed by atoms with Crippen LogP contribution in [0.1, 0.15) is 40.5 Å². The lowest BCUT2D eigenvalue weighted by Crippen LogP contribution is -2.50.